The number of hydrogen-bond acceptors (Lipinski definition) is 18. The summed E-state index contributed by atoms with van der Waals surface area (Å²) in [7, 11) is 0. The Balaban J connectivity index is -0.000000146. The van der Waals surface area contributed by atoms with Crippen LogP contribution in [-0.2, 0) is 56.8 Å². The van der Waals surface area contributed by atoms with E-state index < -0.39 is 0 Å². The fourth-order valence-corrected chi connectivity index (χ4v) is 3.46. The quantitative estimate of drug-likeness (QED) is 0.0373. The maximum atomic E-state index is 8.30. The Morgan fingerprint density at radius 1 is 0.267 bits per heavy atom. The second-order valence-corrected chi connectivity index (χ2v) is 12.6. The number of thiol groups is 2. The zero-order valence-corrected chi connectivity index (χ0v) is 41.0. The first kappa shape index (κ1) is 71.7. The smallest absolute Gasteiger partial charge is 0.0701 e. The minimum absolute atomic E-state index is 0.0910. The van der Waals surface area contributed by atoms with Gasteiger partial charge in [-0.2, -0.15) is 25.3 Å². The Labute approximate surface area is 378 Å². The first-order chi connectivity index (χ1) is 29.5. The van der Waals surface area contributed by atoms with Crippen molar-refractivity contribution in [2.45, 2.75) is 80.1 Å². The monoisotopic (exact) mass is 920 g/mol. The molecule has 0 unspecified atom stereocenters. The summed E-state index contributed by atoms with van der Waals surface area (Å²) >= 11 is 8.00. The van der Waals surface area contributed by atoms with Crippen LogP contribution in [0.2, 0.25) is 0 Å². The van der Waals surface area contributed by atoms with Crippen LogP contribution in [-0.4, -0.2) is 212 Å². The fourth-order valence-electron chi connectivity index (χ4n) is 3.20. The molecule has 0 saturated carbocycles. The van der Waals surface area contributed by atoms with Crippen LogP contribution in [0.4, 0.5) is 0 Å². The molecule has 0 heterocycles. The van der Waals surface area contributed by atoms with Gasteiger partial charge in [-0.05, 0) is 38.5 Å². The molecule has 0 aliphatic heterocycles. The van der Waals surface area contributed by atoms with Gasteiger partial charge in [0.2, 0.25) is 0 Å². The van der Waals surface area contributed by atoms with Crippen molar-refractivity contribution in [1.29, 1.82) is 0 Å². The van der Waals surface area contributed by atoms with Crippen LogP contribution in [0.25, 0.3) is 0 Å². The van der Waals surface area contributed by atoms with E-state index in [1.54, 1.807) is 0 Å². The molecule has 60 heavy (non-hydrogen) atoms. The Kier molecular flexibility index (Phi) is 103. The van der Waals surface area contributed by atoms with E-state index >= 15 is 0 Å². The average molecular weight is 920 g/mol. The van der Waals surface area contributed by atoms with Crippen LogP contribution in [0.3, 0.4) is 0 Å². The number of aliphatic hydroxyl groups is 3. The molecule has 0 spiro atoms. The predicted molar refractivity (Wildman–Crippen MR) is 250 cm³/mol. The summed E-state index contributed by atoms with van der Waals surface area (Å²) in [5.74, 6) is 1.57. The minimum Gasteiger partial charge on any atom is -0.394 e. The number of nitrogens with two attached hydrogens (primary N) is 1. The van der Waals surface area contributed by atoms with Gasteiger partial charge in [0.1, 0.15) is 0 Å². The Hall–Kier alpha value is 0.0600. The molecule has 0 aliphatic rings. The minimum atomic E-state index is 0.0910. The molecular formula is C42H97NO15S2. The lowest BCUT2D eigenvalue weighted by Gasteiger charge is -2.02. The number of ether oxygens (including phenoxy) is 12. The molecule has 0 rings (SSSR count). The van der Waals surface area contributed by atoms with E-state index in [1.807, 2.05) is 0 Å². The number of hydrogen-bond donors (Lipinski definition) is 6. The van der Waals surface area contributed by atoms with E-state index in [0.717, 1.165) is 103 Å². The van der Waals surface area contributed by atoms with Crippen molar-refractivity contribution in [3.05, 3.63) is 0 Å². The van der Waals surface area contributed by atoms with Crippen molar-refractivity contribution in [2.24, 2.45) is 5.73 Å². The van der Waals surface area contributed by atoms with Crippen molar-refractivity contribution in [3.63, 3.8) is 0 Å². The lowest BCUT2D eigenvalue weighted by Crippen LogP contribution is -2.12. The third-order valence-corrected chi connectivity index (χ3v) is 6.13. The van der Waals surface area contributed by atoms with E-state index in [2.05, 4.69) is 66.8 Å². The zero-order chi connectivity index (χ0) is 45.9. The standard InChI is InChI=1S/C7H17NO2.3C7H16O3.2C7H16O2S/c4*1-2-4-9-6-7-10-5-3-8;2*1-2-3-8-4-5-9-6-7-10/h2-8H2,1H3;3*8H,2-7H2,1H3;2*10H,2-7H2,1H3. The average Bonchev–Trinajstić information content (AvgIpc) is 3.27. The zero-order valence-electron chi connectivity index (χ0n) is 39.2. The molecule has 0 saturated heterocycles. The lowest BCUT2D eigenvalue weighted by molar-refractivity contribution is 0.0333. The third kappa shape index (κ3) is 107. The molecule has 0 bridgehead atoms. The Bertz CT molecular complexity index is 431. The van der Waals surface area contributed by atoms with E-state index in [-0.39, 0.29) is 19.8 Å². The first-order valence-electron chi connectivity index (χ1n) is 22.2. The van der Waals surface area contributed by atoms with E-state index in [9.17, 15) is 0 Å². The second kappa shape index (κ2) is 86.2. The molecule has 0 aromatic heterocycles. The molecule has 18 heteroatoms. The number of rotatable bonds is 42. The molecule has 0 fully saturated rings. The Morgan fingerprint density at radius 3 is 0.583 bits per heavy atom. The van der Waals surface area contributed by atoms with Crippen LogP contribution in [0, 0.1) is 0 Å². The van der Waals surface area contributed by atoms with Crippen LogP contribution in [0.1, 0.15) is 80.1 Å². The highest BCUT2D eigenvalue weighted by Gasteiger charge is 1.90. The molecule has 372 valence electrons. The third-order valence-electron chi connectivity index (χ3n) is 5.76. The van der Waals surface area contributed by atoms with E-state index in [4.69, 9.17) is 77.9 Å². The summed E-state index contributed by atoms with van der Waals surface area (Å²) in [6.07, 6.45) is 6.34. The highest BCUT2D eigenvalue weighted by atomic mass is 32.1. The van der Waals surface area contributed by atoms with Crippen molar-refractivity contribution in [1.82, 2.24) is 0 Å². The molecular weight excluding hydrogens is 823 g/mol. The molecule has 0 aromatic carbocycles. The highest BCUT2D eigenvalue weighted by Crippen LogP contribution is 1.86. The van der Waals surface area contributed by atoms with Crippen molar-refractivity contribution < 1.29 is 72.2 Å². The molecule has 0 amide bonds. The topological polar surface area (TPSA) is 197 Å². The lowest BCUT2D eigenvalue weighted by atomic mass is 10.5. The molecule has 0 aliphatic carbocycles. The summed E-state index contributed by atoms with van der Waals surface area (Å²) in [5.41, 5.74) is 5.20. The van der Waals surface area contributed by atoms with Gasteiger partial charge < -0.3 is 77.9 Å². The summed E-state index contributed by atoms with van der Waals surface area (Å²) in [4.78, 5) is 0. The highest BCUT2D eigenvalue weighted by molar-refractivity contribution is 7.80. The summed E-state index contributed by atoms with van der Waals surface area (Å²) < 4.78 is 61.1. The summed E-state index contributed by atoms with van der Waals surface area (Å²) in [6, 6.07) is 0. The van der Waals surface area contributed by atoms with Gasteiger partial charge in [-0.3, -0.25) is 0 Å². The maximum absolute atomic E-state index is 8.30. The molecule has 0 atom stereocenters. The van der Waals surface area contributed by atoms with Crippen LogP contribution in [0.15, 0.2) is 0 Å². The van der Waals surface area contributed by atoms with Crippen molar-refractivity contribution in [2.75, 3.05) is 196 Å². The normalized spacial score (nSPS) is 10.2. The van der Waals surface area contributed by atoms with Crippen molar-refractivity contribution in [3.8, 4) is 0 Å². The molecule has 16 nitrogen and oxygen atoms in total. The van der Waals surface area contributed by atoms with Gasteiger partial charge in [0.05, 0.1) is 139 Å². The van der Waals surface area contributed by atoms with Crippen molar-refractivity contribution >= 4 is 25.3 Å². The molecule has 0 radical (unpaired) electrons. The van der Waals surface area contributed by atoms with Gasteiger partial charge in [-0.1, -0.05) is 41.5 Å². The maximum Gasteiger partial charge on any atom is 0.0701 e. The first-order valence-corrected chi connectivity index (χ1v) is 23.4. The van der Waals surface area contributed by atoms with Crippen LogP contribution < -0.4 is 5.73 Å². The fraction of sp³-hybridized carbons (Fsp3) is 1.00. The molecule has 0 aromatic rings. The number of aliphatic hydroxyl groups excluding tert-OH is 3. The van der Waals surface area contributed by atoms with Gasteiger partial charge in [0.25, 0.3) is 0 Å². The van der Waals surface area contributed by atoms with Gasteiger partial charge in [0, 0.05) is 57.7 Å². The largest absolute Gasteiger partial charge is 0.394 e. The van der Waals surface area contributed by atoms with E-state index in [0.29, 0.717) is 112 Å². The van der Waals surface area contributed by atoms with Crippen LogP contribution in [0.5, 0.6) is 0 Å². The summed E-state index contributed by atoms with van der Waals surface area (Å²) in [6.45, 7) is 29.3. The van der Waals surface area contributed by atoms with Crippen LogP contribution >= 0.6 is 25.3 Å². The summed E-state index contributed by atoms with van der Waals surface area (Å²) in [5, 5.41) is 24.9. The second-order valence-electron chi connectivity index (χ2n) is 11.8. The Morgan fingerprint density at radius 2 is 0.433 bits per heavy atom. The van der Waals surface area contributed by atoms with Gasteiger partial charge in [0.15, 0.2) is 0 Å². The van der Waals surface area contributed by atoms with Gasteiger partial charge in [-0.25, -0.2) is 0 Å². The van der Waals surface area contributed by atoms with Gasteiger partial charge in [-0.15, -0.1) is 0 Å². The van der Waals surface area contributed by atoms with E-state index in [1.165, 1.54) is 0 Å². The predicted octanol–water partition coefficient (Wildman–Crippen LogP) is 4.37. The molecule has 5 N–H and O–H groups in total. The van der Waals surface area contributed by atoms with Gasteiger partial charge >= 0.3 is 0 Å². The SMILES string of the molecule is CCCOCCOCCN.CCCOCCOCCO.CCCOCCOCCO.CCCOCCOCCO.CCCOCCOCCS.CCCOCCOCCS.